The van der Waals surface area contributed by atoms with E-state index in [0.717, 1.165) is 5.69 Å². The number of nitrogens with one attached hydrogen (secondary N) is 2. The van der Waals surface area contributed by atoms with Gasteiger partial charge in [0.15, 0.2) is 5.82 Å². The number of benzene rings is 2. The van der Waals surface area contributed by atoms with Crippen LogP contribution >= 0.6 is 0 Å². The number of hydrogen-bond acceptors (Lipinski definition) is 5. The lowest BCUT2D eigenvalue weighted by molar-refractivity contribution is 0.613. The van der Waals surface area contributed by atoms with Gasteiger partial charge in [-0.2, -0.15) is 10.1 Å². The van der Waals surface area contributed by atoms with Gasteiger partial charge in [-0.1, -0.05) is 44.2 Å². The zero-order valence-electron chi connectivity index (χ0n) is 14.2. The number of rotatable bonds is 6. The molecule has 0 fully saturated rings. The highest BCUT2D eigenvalue weighted by Gasteiger charge is 2.05. The first-order valence-corrected chi connectivity index (χ1v) is 8.16. The SMILES string of the molecule is CC(C)c1ccc(Nc2nncc(NCc3ccccc3F)n2)cc1. The molecule has 6 heteroatoms. The third-order valence-corrected chi connectivity index (χ3v) is 3.81. The molecule has 2 N–H and O–H groups in total. The van der Waals surface area contributed by atoms with Crippen LogP contribution in [0.5, 0.6) is 0 Å². The van der Waals surface area contributed by atoms with Crippen molar-refractivity contribution in [2.75, 3.05) is 10.6 Å². The van der Waals surface area contributed by atoms with E-state index in [1.165, 1.54) is 17.8 Å². The minimum absolute atomic E-state index is 0.249. The van der Waals surface area contributed by atoms with Gasteiger partial charge in [-0.3, -0.25) is 0 Å². The molecule has 0 aliphatic heterocycles. The summed E-state index contributed by atoms with van der Waals surface area (Å²) in [7, 11) is 0. The minimum Gasteiger partial charge on any atom is -0.364 e. The lowest BCUT2D eigenvalue weighted by atomic mass is 10.0. The Kier molecular flexibility index (Phi) is 5.18. The summed E-state index contributed by atoms with van der Waals surface area (Å²) >= 11 is 0. The predicted molar refractivity (Wildman–Crippen MR) is 97.4 cm³/mol. The van der Waals surface area contributed by atoms with Crippen LogP contribution in [0.1, 0.15) is 30.9 Å². The summed E-state index contributed by atoms with van der Waals surface area (Å²) in [5.41, 5.74) is 2.72. The molecule has 1 heterocycles. The fourth-order valence-corrected chi connectivity index (χ4v) is 2.35. The quantitative estimate of drug-likeness (QED) is 0.694. The van der Waals surface area contributed by atoms with Crippen LogP contribution in [0.15, 0.2) is 54.7 Å². The van der Waals surface area contributed by atoms with E-state index in [1.54, 1.807) is 18.2 Å². The average Bonchev–Trinajstić information content (AvgIpc) is 2.62. The van der Waals surface area contributed by atoms with E-state index < -0.39 is 0 Å². The van der Waals surface area contributed by atoms with E-state index >= 15 is 0 Å². The molecule has 3 aromatic rings. The molecule has 0 bridgehead atoms. The van der Waals surface area contributed by atoms with E-state index in [0.29, 0.717) is 29.8 Å². The maximum atomic E-state index is 13.6. The van der Waals surface area contributed by atoms with Gasteiger partial charge in [0, 0.05) is 17.8 Å². The molecule has 0 spiro atoms. The number of anilines is 3. The van der Waals surface area contributed by atoms with Crippen molar-refractivity contribution in [3.8, 4) is 0 Å². The first kappa shape index (κ1) is 16.8. The Morgan fingerprint density at radius 1 is 1.04 bits per heavy atom. The van der Waals surface area contributed by atoms with Crippen molar-refractivity contribution in [1.29, 1.82) is 0 Å². The third-order valence-electron chi connectivity index (χ3n) is 3.81. The number of halogens is 1. The molecular weight excluding hydrogens is 317 g/mol. The van der Waals surface area contributed by atoms with Crippen LogP contribution in [0.3, 0.4) is 0 Å². The normalized spacial score (nSPS) is 10.7. The molecule has 5 nitrogen and oxygen atoms in total. The van der Waals surface area contributed by atoms with Crippen molar-refractivity contribution in [3.63, 3.8) is 0 Å². The van der Waals surface area contributed by atoms with Crippen molar-refractivity contribution < 1.29 is 4.39 Å². The standard InChI is InChI=1S/C19H20FN5/c1-13(2)14-7-9-16(10-8-14)23-19-24-18(12-22-25-19)21-11-15-5-3-4-6-17(15)20/h3-10,12-13H,11H2,1-2H3,(H2,21,23,24,25). The first-order chi connectivity index (χ1) is 12.1. The van der Waals surface area contributed by atoms with Crippen LogP contribution in [0.25, 0.3) is 0 Å². The Balaban J connectivity index is 1.66. The molecule has 128 valence electrons. The predicted octanol–water partition coefficient (Wildman–Crippen LogP) is 4.49. The van der Waals surface area contributed by atoms with Gasteiger partial charge in [-0.25, -0.2) is 4.39 Å². The molecule has 1 aromatic heterocycles. The first-order valence-electron chi connectivity index (χ1n) is 8.16. The molecule has 3 rings (SSSR count). The lowest BCUT2D eigenvalue weighted by Gasteiger charge is -2.09. The molecule has 0 unspecified atom stereocenters. The van der Waals surface area contributed by atoms with Crippen molar-refractivity contribution in [3.05, 3.63) is 71.7 Å². The molecule has 0 aliphatic rings. The molecule has 25 heavy (non-hydrogen) atoms. The number of hydrogen-bond donors (Lipinski definition) is 2. The Morgan fingerprint density at radius 3 is 2.52 bits per heavy atom. The molecule has 0 amide bonds. The summed E-state index contributed by atoms with van der Waals surface area (Å²) in [6, 6.07) is 14.7. The van der Waals surface area contributed by atoms with Crippen LogP contribution < -0.4 is 10.6 Å². The highest BCUT2D eigenvalue weighted by atomic mass is 19.1. The topological polar surface area (TPSA) is 62.7 Å². The van der Waals surface area contributed by atoms with Crippen LogP contribution in [-0.4, -0.2) is 15.2 Å². The van der Waals surface area contributed by atoms with E-state index in [9.17, 15) is 4.39 Å². The highest BCUT2D eigenvalue weighted by molar-refractivity contribution is 5.54. The second-order valence-electron chi connectivity index (χ2n) is 6.01. The Morgan fingerprint density at radius 2 is 1.80 bits per heavy atom. The van der Waals surface area contributed by atoms with Gasteiger partial charge in [0.1, 0.15) is 5.82 Å². The maximum Gasteiger partial charge on any atom is 0.249 e. The van der Waals surface area contributed by atoms with Gasteiger partial charge < -0.3 is 10.6 Å². The molecule has 0 saturated carbocycles. The Hall–Kier alpha value is -3.02. The third kappa shape index (κ3) is 4.50. The summed E-state index contributed by atoms with van der Waals surface area (Å²) in [6.07, 6.45) is 1.51. The monoisotopic (exact) mass is 337 g/mol. The summed E-state index contributed by atoms with van der Waals surface area (Å²) in [4.78, 5) is 4.35. The summed E-state index contributed by atoms with van der Waals surface area (Å²) in [5.74, 6) is 1.15. The largest absolute Gasteiger partial charge is 0.364 e. The molecule has 0 atom stereocenters. The van der Waals surface area contributed by atoms with Crippen LogP contribution in [-0.2, 0) is 6.54 Å². The van der Waals surface area contributed by atoms with Gasteiger partial charge in [0.05, 0.1) is 6.20 Å². The van der Waals surface area contributed by atoms with Crippen LogP contribution in [0.2, 0.25) is 0 Å². The minimum atomic E-state index is -0.249. The molecule has 0 aliphatic carbocycles. The zero-order chi connectivity index (χ0) is 17.6. The summed E-state index contributed by atoms with van der Waals surface area (Å²) in [6.45, 7) is 4.63. The molecule has 0 radical (unpaired) electrons. The number of aromatic nitrogens is 3. The smallest absolute Gasteiger partial charge is 0.249 e. The zero-order valence-corrected chi connectivity index (χ0v) is 14.2. The average molecular weight is 337 g/mol. The van der Waals surface area contributed by atoms with Crippen LogP contribution in [0, 0.1) is 5.82 Å². The van der Waals surface area contributed by atoms with Gasteiger partial charge in [-0.05, 0) is 29.7 Å². The summed E-state index contributed by atoms with van der Waals surface area (Å²) < 4.78 is 13.6. The van der Waals surface area contributed by atoms with Gasteiger partial charge in [-0.15, -0.1) is 5.10 Å². The van der Waals surface area contributed by atoms with E-state index in [4.69, 9.17) is 0 Å². The van der Waals surface area contributed by atoms with E-state index in [1.807, 2.05) is 12.1 Å². The second kappa shape index (κ2) is 7.70. The lowest BCUT2D eigenvalue weighted by Crippen LogP contribution is -2.06. The molecule has 0 saturated heterocycles. The van der Waals surface area contributed by atoms with Gasteiger partial charge >= 0.3 is 0 Å². The van der Waals surface area contributed by atoms with E-state index in [-0.39, 0.29) is 5.82 Å². The molecular formula is C19H20FN5. The van der Waals surface area contributed by atoms with Crippen LogP contribution in [0.4, 0.5) is 21.8 Å². The highest BCUT2D eigenvalue weighted by Crippen LogP contribution is 2.19. The van der Waals surface area contributed by atoms with Crippen molar-refractivity contribution in [2.24, 2.45) is 0 Å². The van der Waals surface area contributed by atoms with Crippen molar-refractivity contribution in [1.82, 2.24) is 15.2 Å². The molecule has 2 aromatic carbocycles. The Bertz CT molecular complexity index is 833. The second-order valence-corrected chi connectivity index (χ2v) is 6.01. The van der Waals surface area contributed by atoms with Crippen molar-refractivity contribution >= 4 is 17.5 Å². The maximum absolute atomic E-state index is 13.6. The van der Waals surface area contributed by atoms with Crippen molar-refractivity contribution in [2.45, 2.75) is 26.3 Å². The van der Waals surface area contributed by atoms with E-state index in [2.05, 4.69) is 51.8 Å². The summed E-state index contributed by atoms with van der Waals surface area (Å²) in [5, 5.41) is 14.1. The number of nitrogens with zero attached hydrogens (tertiary/aromatic N) is 3. The van der Waals surface area contributed by atoms with Gasteiger partial charge in [0.25, 0.3) is 0 Å². The fraction of sp³-hybridized carbons (Fsp3) is 0.211. The fourth-order valence-electron chi connectivity index (χ4n) is 2.35. The Labute approximate surface area is 146 Å². The van der Waals surface area contributed by atoms with Gasteiger partial charge in [0.2, 0.25) is 5.95 Å².